The predicted molar refractivity (Wildman–Crippen MR) is 171 cm³/mol. The zero-order chi connectivity index (χ0) is 29.1. The molecule has 0 atom stereocenters. The number of rotatable bonds is 14. The highest BCUT2D eigenvalue weighted by Crippen LogP contribution is 2.34. The van der Waals surface area contributed by atoms with E-state index < -0.39 is 0 Å². The predicted octanol–water partition coefficient (Wildman–Crippen LogP) is 8.63. The Morgan fingerprint density at radius 2 is 0.651 bits per heavy atom. The van der Waals surface area contributed by atoms with E-state index in [1.807, 2.05) is 84.9 Å². The van der Waals surface area contributed by atoms with Crippen LogP contribution in [0.15, 0.2) is 133 Å². The van der Waals surface area contributed by atoms with Gasteiger partial charge in [0.05, 0.1) is 13.2 Å². The van der Waals surface area contributed by atoms with E-state index >= 15 is 0 Å². The molecular formula is C38H34O5. The molecule has 0 aliphatic heterocycles. The summed E-state index contributed by atoms with van der Waals surface area (Å²) >= 11 is 0. The number of benzene rings is 6. The Balaban J connectivity index is 0.979. The van der Waals surface area contributed by atoms with Crippen molar-refractivity contribution >= 4 is 21.5 Å². The maximum Gasteiger partial charge on any atom is 0.127 e. The van der Waals surface area contributed by atoms with E-state index in [1.165, 1.54) is 0 Å². The Morgan fingerprint density at radius 3 is 1.02 bits per heavy atom. The van der Waals surface area contributed by atoms with Gasteiger partial charge in [0.15, 0.2) is 0 Å². The van der Waals surface area contributed by atoms with Gasteiger partial charge in [-0.15, -0.1) is 0 Å². The van der Waals surface area contributed by atoms with Gasteiger partial charge in [0.25, 0.3) is 0 Å². The molecule has 0 radical (unpaired) electrons. The molecule has 0 aromatic heterocycles. The molecule has 0 saturated heterocycles. The van der Waals surface area contributed by atoms with Gasteiger partial charge >= 0.3 is 0 Å². The highest BCUT2D eigenvalue weighted by Gasteiger charge is 2.09. The molecule has 0 bridgehead atoms. The number of fused-ring (bicyclic) bond motifs is 2. The maximum atomic E-state index is 6.13. The Bertz CT molecular complexity index is 1620. The molecule has 216 valence electrons. The zero-order valence-corrected chi connectivity index (χ0v) is 24.0. The molecule has 0 aliphatic rings. The fourth-order valence-electron chi connectivity index (χ4n) is 5.00. The average molecular weight is 571 g/mol. The van der Waals surface area contributed by atoms with E-state index in [0.29, 0.717) is 39.6 Å². The van der Waals surface area contributed by atoms with Crippen LogP contribution in [0.5, 0.6) is 23.0 Å². The van der Waals surface area contributed by atoms with Crippen molar-refractivity contribution in [1.29, 1.82) is 0 Å². The molecule has 6 aromatic rings. The third-order valence-corrected chi connectivity index (χ3v) is 7.13. The van der Waals surface area contributed by atoms with E-state index in [9.17, 15) is 0 Å². The molecule has 0 aliphatic carbocycles. The van der Waals surface area contributed by atoms with Gasteiger partial charge in [-0.2, -0.15) is 0 Å². The van der Waals surface area contributed by atoms with Crippen molar-refractivity contribution in [2.45, 2.75) is 13.2 Å². The van der Waals surface area contributed by atoms with Crippen molar-refractivity contribution in [3.05, 3.63) is 145 Å². The number of hydrogen-bond acceptors (Lipinski definition) is 5. The molecule has 5 heteroatoms. The standard InChI is InChI=1S/C38H34O5/c1-3-11-29(12-4-1)27-42-37-21-9-15-31-33(37)17-7-19-35(31)40-25-23-39-24-26-41-36-20-8-18-34-32(36)16-10-22-38(34)43-28-30-13-5-2-6-14-30/h1-22H,23-28H2. The maximum absolute atomic E-state index is 6.13. The van der Waals surface area contributed by atoms with E-state index in [-0.39, 0.29) is 0 Å². The molecule has 0 heterocycles. The lowest BCUT2D eigenvalue weighted by Gasteiger charge is -2.14. The topological polar surface area (TPSA) is 46.2 Å². The second kappa shape index (κ2) is 14.3. The van der Waals surface area contributed by atoms with Crippen LogP contribution in [-0.4, -0.2) is 26.4 Å². The second-order valence-corrected chi connectivity index (χ2v) is 10.1. The first-order valence-corrected chi connectivity index (χ1v) is 14.6. The Labute approximate surface area is 252 Å². The fraction of sp³-hybridized carbons (Fsp3) is 0.158. The lowest BCUT2D eigenvalue weighted by Crippen LogP contribution is -2.12. The Hall–Kier alpha value is -5.00. The summed E-state index contributed by atoms with van der Waals surface area (Å²) in [6.45, 7) is 2.81. The van der Waals surface area contributed by atoms with Gasteiger partial charge < -0.3 is 23.7 Å². The highest BCUT2D eigenvalue weighted by atomic mass is 16.5. The fourth-order valence-corrected chi connectivity index (χ4v) is 5.00. The molecule has 0 N–H and O–H groups in total. The molecular weight excluding hydrogens is 536 g/mol. The quantitative estimate of drug-likeness (QED) is 0.123. The van der Waals surface area contributed by atoms with Crippen molar-refractivity contribution in [3.8, 4) is 23.0 Å². The van der Waals surface area contributed by atoms with E-state index in [0.717, 1.165) is 55.7 Å². The minimum atomic E-state index is 0.435. The van der Waals surface area contributed by atoms with Gasteiger partial charge in [0.2, 0.25) is 0 Å². The van der Waals surface area contributed by atoms with Gasteiger partial charge in [-0.1, -0.05) is 109 Å². The lowest BCUT2D eigenvalue weighted by atomic mass is 10.1. The number of hydrogen-bond donors (Lipinski definition) is 0. The van der Waals surface area contributed by atoms with Crippen molar-refractivity contribution < 1.29 is 23.7 Å². The molecule has 6 rings (SSSR count). The summed E-state index contributed by atoms with van der Waals surface area (Å²) in [5.74, 6) is 3.29. The summed E-state index contributed by atoms with van der Waals surface area (Å²) in [6.07, 6.45) is 0. The van der Waals surface area contributed by atoms with Crippen molar-refractivity contribution in [2.75, 3.05) is 26.4 Å². The first kappa shape index (κ1) is 28.1. The van der Waals surface area contributed by atoms with Crippen molar-refractivity contribution in [3.63, 3.8) is 0 Å². The first-order chi connectivity index (χ1) is 21.3. The van der Waals surface area contributed by atoms with Crippen LogP contribution in [-0.2, 0) is 18.0 Å². The summed E-state index contributed by atoms with van der Waals surface area (Å²) in [5.41, 5.74) is 2.26. The summed E-state index contributed by atoms with van der Waals surface area (Å²) < 4.78 is 30.3. The summed E-state index contributed by atoms with van der Waals surface area (Å²) in [6, 6.07) is 44.5. The minimum absolute atomic E-state index is 0.435. The molecule has 0 amide bonds. The Morgan fingerprint density at radius 1 is 0.302 bits per heavy atom. The Kier molecular flexibility index (Phi) is 9.33. The minimum Gasteiger partial charge on any atom is -0.491 e. The van der Waals surface area contributed by atoms with Crippen LogP contribution >= 0.6 is 0 Å². The summed E-state index contributed by atoms with van der Waals surface area (Å²) in [4.78, 5) is 0. The third-order valence-electron chi connectivity index (χ3n) is 7.13. The van der Waals surface area contributed by atoms with Gasteiger partial charge in [-0.05, 0) is 35.4 Å². The van der Waals surface area contributed by atoms with Crippen molar-refractivity contribution in [2.24, 2.45) is 0 Å². The van der Waals surface area contributed by atoms with E-state index in [1.54, 1.807) is 0 Å². The van der Waals surface area contributed by atoms with Crippen LogP contribution < -0.4 is 18.9 Å². The molecule has 43 heavy (non-hydrogen) atoms. The van der Waals surface area contributed by atoms with Gasteiger partial charge in [-0.25, -0.2) is 0 Å². The van der Waals surface area contributed by atoms with Crippen molar-refractivity contribution in [1.82, 2.24) is 0 Å². The van der Waals surface area contributed by atoms with E-state index in [2.05, 4.69) is 48.5 Å². The third kappa shape index (κ3) is 7.26. The molecule has 5 nitrogen and oxygen atoms in total. The van der Waals surface area contributed by atoms with Gasteiger partial charge in [0, 0.05) is 21.5 Å². The van der Waals surface area contributed by atoms with Crippen LogP contribution in [0.2, 0.25) is 0 Å². The molecule has 0 spiro atoms. The van der Waals surface area contributed by atoms with Crippen LogP contribution in [0.3, 0.4) is 0 Å². The van der Waals surface area contributed by atoms with Crippen LogP contribution in [0.4, 0.5) is 0 Å². The molecule has 0 saturated carbocycles. The number of ether oxygens (including phenoxy) is 5. The SMILES string of the molecule is c1ccc(COc2cccc3c(OCCOCCOc4cccc5c(OCc6ccccc6)cccc45)cccc23)cc1. The van der Waals surface area contributed by atoms with Crippen LogP contribution in [0.1, 0.15) is 11.1 Å². The van der Waals surface area contributed by atoms with Gasteiger partial charge in [-0.3, -0.25) is 0 Å². The second-order valence-electron chi connectivity index (χ2n) is 10.1. The zero-order valence-electron chi connectivity index (χ0n) is 24.0. The van der Waals surface area contributed by atoms with Crippen LogP contribution in [0.25, 0.3) is 21.5 Å². The monoisotopic (exact) mass is 570 g/mol. The molecule has 6 aromatic carbocycles. The first-order valence-electron chi connectivity index (χ1n) is 14.6. The average Bonchev–Trinajstić information content (AvgIpc) is 3.07. The molecule has 0 fully saturated rings. The highest BCUT2D eigenvalue weighted by molar-refractivity contribution is 5.93. The summed E-state index contributed by atoms with van der Waals surface area (Å²) in [5, 5.41) is 4.07. The van der Waals surface area contributed by atoms with Crippen LogP contribution in [0, 0.1) is 0 Å². The normalized spacial score (nSPS) is 11.0. The lowest BCUT2D eigenvalue weighted by molar-refractivity contribution is 0.0771. The largest absolute Gasteiger partial charge is 0.491 e. The smallest absolute Gasteiger partial charge is 0.127 e. The van der Waals surface area contributed by atoms with E-state index in [4.69, 9.17) is 23.7 Å². The van der Waals surface area contributed by atoms with Gasteiger partial charge in [0.1, 0.15) is 49.4 Å². The molecule has 0 unspecified atom stereocenters. The summed E-state index contributed by atoms with van der Waals surface area (Å²) in [7, 11) is 0.